The van der Waals surface area contributed by atoms with Crippen LogP contribution < -0.4 is 16.6 Å². The molecule has 0 saturated carbocycles. The third-order valence-electron chi connectivity index (χ3n) is 3.25. The Kier molecular flexibility index (Phi) is 6.89. The van der Waals surface area contributed by atoms with Gasteiger partial charge in [0, 0.05) is 12.7 Å². The summed E-state index contributed by atoms with van der Waals surface area (Å²) in [7, 11) is 0. The molecular weight excluding hydrogens is 240 g/mol. The molecule has 1 amide bonds. The third kappa shape index (κ3) is 5.26. The summed E-state index contributed by atoms with van der Waals surface area (Å²) >= 11 is 0. The zero-order valence-corrected chi connectivity index (χ0v) is 11.8. The van der Waals surface area contributed by atoms with Crippen molar-refractivity contribution in [3.8, 4) is 0 Å². The Morgan fingerprint density at radius 2 is 2.26 bits per heavy atom. The van der Waals surface area contributed by atoms with Gasteiger partial charge in [0.2, 0.25) is 0 Å². The average molecular weight is 264 g/mol. The highest BCUT2D eigenvalue weighted by Crippen LogP contribution is 2.12. The van der Waals surface area contributed by atoms with Crippen LogP contribution >= 0.6 is 0 Å². The number of nitrogens with zero attached hydrogens (tertiary/aromatic N) is 1. The summed E-state index contributed by atoms with van der Waals surface area (Å²) in [6.45, 7) is 5.04. The molecule has 0 spiro atoms. The van der Waals surface area contributed by atoms with E-state index in [4.69, 9.17) is 5.84 Å². The van der Waals surface area contributed by atoms with E-state index in [0.29, 0.717) is 23.8 Å². The number of nitrogens with two attached hydrogens (primary N) is 1. The van der Waals surface area contributed by atoms with Gasteiger partial charge in [-0.15, -0.1) is 0 Å². The topological polar surface area (TPSA) is 80.0 Å². The second-order valence-electron chi connectivity index (χ2n) is 4.70. The minimum atomic E-state index is -0.146. The normalized spacial score (nSPS) is 11.9. The van der Waals surface area contributed by atoms with Crippen molar-refractivity contribution >= 4 is 11.6 Å². The number of anilines is 1. The lowest BCUT2D eigenvalue weighted by atomic mass is 9.99. The van der Waals surface area contributed by atoms with E-state index in [-0.39, 0.29) is 5.91 Å². The maximum absolute atomic E-state index is 12.0. The summed E-state index contributed by atoms with van der Waals surface area (Å²) in [4.78, 5) is 16.0. The zero-order valence-electron chi connectivity index (χ0n) is 11.8. The highest BCUT2D eigenvalue weighted by Gasteiger charge is 2.11. The molecule has 1 rings (SSSR count). The van der Waals surface area contributed by atoms with Crippen molar-refractivity contribution in [3.05, 3.63) is 24.0 Å². The van der Waals surface area contributed by atoms with Crippen molar-refractivity contribution in [3.63, 3.8) is 0 Å². The molecule has 0 fully saturated rings. The molecule has 1 aromatic heterocycles. The summed E-state index contributed by atoms with van der Waals surface area (Å²) in [5, 5.41) is 2.94. The zero-order chi connectivity index (χ0) is 14.1. The SMILES string of the molecule is CCCCC(CC)CNC(=O)c1cc(NN)ccn1. The summed E-state index contributed by atoms with van der Waals surface area (Å²) < 4.78 is 0. The molecule has 0 aliphatic rings. The van der Waals surface area contributed by atoms with Crippen LogP contribution in [0.2, 0.25) is 0 Å². The maximum Gasteiger partial charge on any atom is 0.269 e. The first-order valence-corrected chi connectivity index (χ1v) is 6.92. The lowest BCUT2D eigenvalue weighted by Crippen LogP contribution is -2.29. The number of rotatable bonds is 8. The minimum absolute atomic E-state index is 0.146. The minimum Gasteiger partial charge on any atom is -0.350 e. The van der Waals surface area contributed by atoms with Gasteiger partial charge in [-0.05, 0) is 24.5 Å². The number of hydrogen-bond donors (Lipinski definition) is 3. The molecule has 19 heavy (non-hydrogen) atoms. The van der Waals surface area contributed by atoms with Crippen LogP contribution in [0.15, 0.2) is 18.3 Å². The van der Waals surface area contributed by atoms with E-state index in [1.54, 1.807) is 18.3 Å². The van der Waals surface area contributed by atoms with Crippen LogP contribution in [0.3, 0.4) is 0 Å². The Morgan fingerprint density at radius 1 is 1.47 bits per heavy atom. The molecule has 1 atom stereocenters. The number of nitrogens with one attached hydrogen (secondary N) is 2. The monoisotopic (exact) mass is 264 g/mol. The fourth-order valence-corrected chi connectivity index (χ4v) is 1.92. The van der Waals surface area contributed by atoms with E-state index in [2.05, 4.69) is 29.6 Å². The quantitative estimate of drug-likeness (QED) is 0.497. The molecule has 4 N–H and O–H groups in total. The third-order valence-corrected chi connectivity index (χ3v) is 3.25. The average Bonchev–Trinajstić information content (AvgIpc) is 2.47. The molecule has 0 bridgehead atoms. The number of unbranched alkanes of at least 4 members (excludes halogenated alkanes) is 1. The summed E-state index contributed by atoms with van der Waals surface area (Å²) in [6, 6.07) is 3.36. The Bertz CT molecular complexity index is 395. The van der Waals surface area contributed by atoms with Gasteiger partial charge in [-0.25, -0.2) is 0 Å². The van der Waals surface area contributed by atoms with Gasteiger partial charge in [-0.3, -0.25) is 15.6 Å². The molecule has 0 saturated heterocycles. The van der Waals surface area contributed by atoms with Gasteiger partial charge >= 0.3 is 0 Å². The Morgan fingerprint density at radius 3 is 2.89 bits per heavy atom. The first-order valence-electron chi connectivity index (χ1n) is 6.92. The fraction of sp³-hybridized carbons (Fsp3) is 0.571. The second-order valence-corrected chi connectivity index (χ2v) is 4.70. The van der Waals surface area contributed by atoms with Crippen molar-refractivity contribution in [2.45, 2.75) is 39.5 Å². The molecule has 0 aliphatic carbocycles. The summed E-state index contributed by atoms with van der Waals surface area (Å²) in [5.74, 6) is 5.70. The molecule has 0 aromatic carbocycles. The number of carbonyl (C=O) groups excluding carboxylic acids is 1. The van der Waals surface area contributed by atoms with Gasteiger partial charge in [-0.1, -0.05) is 33.1 Å². The largest absolute Gasteiger partial charge is 0.350 e. The number of carbonyl (C=O) groups is 1. The Balaban J connectivity index is 2.49. The van der Waals surface area contributed by atoms with Gasteiger partial charge in [0.05, 0.1) is 5.69 Å². The first kappa shape index (κ1) is 15.4. The molecule has 1 aromatic rings. The standard InChI is InChI=1S/C14H24N4O/c1-3-5-6-11(4-2)10-17-14(19)13-9-12(18-15)7-8-16-13/h7-9,11H,3-6,10,15H2,1-2H3,(H,16,18)(H,17,19). The van der Waals surface area contributed by atoms with Gasteiger partial charge in [0.25, 0.3) is 5.91 Å². The van der Waals surface area contributed by atoms with Crippen LogP contribution in [0.5, 0.6) is 0 Å². The van der Waals surface area contributed by atoms with Crippen LogP contribution in [0.25, 0.3) is 0 Å². The number of hydrazine groups is 1. The van der Waals surface area contributed by atoms with Crippen molar-refractivity contribution in [2.75, 3.05) is 12.0 Å². The van der Waals surface area contributed by atoms with Crippen molar-refractivity contribution in [1.29, 1.82) is 0 Å². The first-order chi connectivity index (χ1) is 9.21. The molecule has 5 nitrogen and oxygen atoms in total. The number of amides is 1. The van der Waals surface area contributed by atoms with Gasteiger partial charge in [0.15, 0.2) is 0 Å². The lowest BCUT2D eigenvalue weighted by Gasteiger charge is -2.15. The molecule has 5 heteroatoms. The van der Waals surface area contributed by atoms with E-state index < -0.39 is 0 Å². The number of hydrogen-bond acceptors (Lipinski definition) is 4. The number of nitrogen functional groups attached to an aromatic ring is 1. The molecule has 106 valence electrons. The summed E-state index contributed by atoms with van der Waals surface area (Å²) in [6.07, 6.45) is 6.21. The van der Waals surface area contributed by atoms with E-state index in [9.17, 15) is 4.79 Å². The Hall–Kier alpha value is -1.62. The van der Waals surface area contributed by atoms with Crippen molar-refractivity contribution in [2.24, 2.45) is 11.8 Å². The second kappa shape index (κ2) is 8.48. The molecule has 1 heterocycles. The molecule has 0 aliphatic heterocycles. The van der Waals surface area contributed by atoms with Gasteiger partial charge in [-0.2, -0.15) is 0 Å². The number of aromatic nitrogens is 1. The van der Waals surface area contributed by atoms with Gasteiger partial charge < -0.3 is 10.7 Å². The molecule has 1 unspecified atom stereocenters. The lowest BCUT2D eigenvalue weighted by molar-refractivity contribution is 0.0941. The number of pyridine rings is 1. The predicted molar refractivity (Wildman–Crippen MR) is 77.7 cm³/mol. The van der Waals surface area contributed by atoms with Gasteiger partial charge in [0.1, 0.15) is 5.69 Å². The van der Waals surface area contributed by atoms with E-state index in [1.807, 2.05) is 0 Å². The van der Waals surface area contributed by atoms with Crippen molar-refractivity contribution in [1.82, 2.24) is 10.3 Å². The highest BCUT2D eigenvalue weighted by molar-refractivity contribution is 5.93. The smallest absolute Gasteiger partial charge is 0.269 e. The fourth-order valence-electron chi connectivity index (χ4n) is 1.92. The van der Waals surface area contributed by atoms with Crippen LogP contribution in [-0.2, 0) is 0 Å². The van der Waals surface area contributed by atoms with Crippen LogP contribution in [0.4, 0.5) is 5.69 Å². The maximum atomic E-state index is 12.0. The van der Waals surface area contributed by atoms with E-state index >= 15 is 0 Å². The van der Waals surface area contributed by atoms with Crippen molar-refractivity contribution < 1.29 is 4.79 Å². The van der Waals surface area contributed by atoms with Crippen LogP contribution in [-0.4, -0.2) is 17.4 Å². The molecule has 0 radical (unpaired) electrons. The Labute approximate surface area is 115 Å². The summed E-state index contributed by atoms with van der Waals surface area (Å²) in [5.41, 5.74) is 3.57. The van der Waals surface area contributed by atoms with E-state index in [1.165, 1.54) is 12.8 Å². The van der Waals surface area contributed by atoms with E-state index in [0.717, 1.165) is 12.8 Å². The highest BCUT2D eigenvalue weighted by atomic mass is 16.1. The van der Waals surface area contributed by atoms with Crippen LogP contribution in [0.1, 0.15) is 50.0 Å². The molecular formula is C14H24N4O. The van der Waals surface area contributed by atoms with Crippen LogP contribution in [0, 0.1) is 5.92 Å². The predicted octanol–water partition coefficient (Wildman–Crippen LogP) is 2.31.